The van der Waals surface area contributed by atoms with Gasteiger partial charge in [-0.1, -0.05) is 12.1 Å². The molecule has 0 saturated carbocycles. The van der Waals surface area contributed by atoms with Gasteiger partial charge in [-0.2, -0.15) is 0 Å². The zero-order valence-corrected chi connectivity index (χ0v) is 12.2. The number of halogens is 3. The van der Waals surface area contributed by atoms with E-state index in [-0.39, 0.29) is 16.4 Å². The third-order valence-corrected chi connectivity index (χ3v) is 3.96. The highest BCUT2D eigenvalue weighted by molar-refractivity contribution is 7.86. The van der Waals surface area contributed by atoms with Crippen LogP contribution in [0.2, 0.25) is 0 Å². The third-order valence-electron chi connectivity index (χ3n) is 2.21. The molecule has 0 aliphatic heterocycles. The molecule has 0 bridgehead atoms. The quantitative estimate of drug-likeness (QED) is 0.798. The van der Waals surface area contributed by atoms with E-state index in [0.29, 0.717) is 5.56 Å². The smallest absolute Gasteiger partial charge is 0.406 e. The minimum atomic E-state index is -4.72. The van der Waals surface area contributed by atoms with Crippen molar-refractivity contribution in [3.63, 3.8) is 0 Å². The minimum absolute atomic E-state index is 0.105. The molecule has 1 rings (SSSR count). The highest BCUT2D eigenvalue weighted by atomic mass is 32.2. The van der Waals surface area contributed by atoms with Gasteiger partial charge in [0.15, 0.2) is 0 Å². The molecule has 0 radical (unpaired) electrons. The summed E-state index contributed by atoms with van der Waals surface area (Å²) in [5.74, 6) is -0.202. The molecule has 20 heavy (non-hydrogen) atoms. The molecule has 0 spiro atoms. The highest BCUT2D eigenvalue weighted by Crippen LogP contribution is 2.22. The molecular formula is C13H16F3NO2S. The van der Waals surface area contributed by atoms with Gasteiger partial charge in [0.05, 0.1) is 0 Å². The molecular weight excluding hydrogens is 291 g/mol. The Kier molecular flexibility index (Phi) is 5.33. The fraction of sp³-hybridized carbons (Fsp3) is 0.462. The molecule has 7 heteroatoms. The van der Waals surface area contributed by atoms with Gasteiger partial charge >= 0.3 is 6.36 Å². The number of aliphatic imine (C=N–C) groups is 1. The summed E-state index contributed by atoms with van der Waals surface area (Å²) in [6.07, 6.45) is -3.34. The van der Waals surface area contributed by atoms with E-state index in [0.717, 1.165) is 0 Å². The first-order valence-corrected chi connectivity index (χ1v) is 7.14. The molecule has 1 unspecified atom stereocenters. The zero-order chi connectivity index (χ0) is 15.4. The average Bonchev–Trinajstić information content (AvgIpc) is 2.25. The van der Waals surface area contributed by atoms with Gasteiger partial charge in [-0.15, -0.1) is 13.2 Å². The van der Waals surface area contributed by atoms with Crippen LogP contribution in [0.3, 0.4) is 0 Å². The summed E-state index contributed by atoms with van der Waals surface area (Å²) in [7, 11) is -1.14. The summed E-state index contributed by atoms with van der Waals surface area (Å²) in [5.41, 5.74) is 0.456. The lowest BCUT2D eigenvalue weighted by atomic mass is 10.2. The van der Waals surface area contributed by atoms with Crippen molar-refractivity contribution < 1.29 is 22.1 Å². The van der Waals surface area contributed by atoms with E-state index in [1.165, 1.54) is 24.4 Å². The van der Waals surface area contributed by atoms with Crippen LogP contribution in [-0.4, -0.2) is 27.4 Å². The van der Waals surface area contributed by atoms with Crippen LogP contribution in [0.1, 0.15) is 26.3 Å². The van der Waals surface area contributed by atoms with Crippen molar-refractivity contribution in [2.75, 3.05) is 5.88 Å². The molecule has 0 N–H and O–H groups in total. The molecule has 112 valence electrons. The summed E-state index contributed by atoms with van der Waals surface area (Å²) in [6, 6.07) is 5.45. The maximum Gasteiger partial charge on any atom is 0.573 e. The van der Waals surface area contributed by atoms with Gasteiger partial charge in [-0.3, -0.25) is 9.20 Å². The molecule has 1 aromatic carbocycles. The standard InChI is InChI=1S/C13H16F3NO2S/c1-12(2,3)20(18)9-17-8-10-5-4-6-11(7-10)19-13(14,15)16/h4-8H,9H2,1-3H3. The van der Waals surface area contributed by atoms with Gasteiger partial charge in [-0.05, 0) is 38.5 Å². The number of benzene rings is 1. The first kappa shape index (κ1) is 16.7. The molecule has 3 nitrogen and oxygen atoms in total. The molecule has 0 amide bonds. The lowest BCUT2D eigenvalue weighted by Gasteiger charge is -2.15. The van der Waals surface area contributed by atoms with Crippen molar-refractivity contribution in [3.8, 4) is 5.75 Å². The van der Waals surface area contributed by atoms with Crippen LogP contribution >= 0.6 is 0 Å². The summed E-state index contributed by atoms with van der Waals surface area (Å²) in [4.78, 5) is 3.98. The lowest BCUT2D eigenvalue weighted by molar-refractivity contribution is -0.274. The second kappa shape index (κ2) is 6.39. The lowest BCUT2D eigenvalue weighted by Crippen LogP contribution is -2.23. The van der Waals surface area contributed by atoms with Crippen molar-refractivity contribution >= 4 is 17.0 Å². The third kappa shape index (κ3) is 6.18. The molecule has 1 atom stereocenters. The normalized spacial score (nSPS) is 14.5. The summed E-state index contributed by atoms with van der Waals surface area (Å²) in [6.45, 7) is 5.49. The largest absolute Gasteiger partial charge is 0.573 e. The van der Waals surface area contributed by atoms with Crippen molar-refractivity contribution in [1.82, 2.24) is 0 Å². The predicted octanol–water partition coefficient (Wildman–Crippen LogP) is 3.51. The monoisotopic (exact) mass is 307 g/mol. The molecule has 0 aliphatic carbocycles. The van der Waals surface area contributed by atoms with E-state index in [1.54, 1.807) is 6.07 Å². The van der Waals surface area contributed by atoms with Crippen LogP contribution in [0.5, 0.6) is 5.75 Å². The van der Waals surface area contributed by atoms with Gasteiger partial charge in [0, 0.05) is 21.8 Å². The Morgan fingerprint density at radius 3 is 2.50 bits per heavy atom. The maximum absolute atomic E-state index is 12.1. The Labute approximate surface area is 118 Å². The molecule has 0 aromatic heterocycles. The van der Waals surface area contributed by atoms with Gasteiger partial charge < -0.3 is 4.74 Å². The number of nitrogens with zero attached hydrogens (tertiary/aromatic N) is 1. The molecule has 1 aromatic rings. The van der Waals surface area contributed by atoms with Crippen molar-refractivity contribution in [2.24, 2.45) is 4.99 Å². The fourth-order valence-corrected chi connectivity index (χ4v) is 1.79. The second-order valence-corrected chi connectivity index (χ2v) is 7.19. The Balaban J connectivity index is 2.69. The second-order valence-electron chi connectivity index (χ2n) is 5.02. The first-order chi connectivity index (χ1) is 9.08. The van der Waals surface area contributed by atoms with E-state index < -0.39 is 17.2 Å². The van der Waals surface area contributed by atoms with Gasteiger partial charge in [0.25, 0.3) is 0 Å². The number of hydrogen-bond acceptors (Lipinski definition) is 3. The van der Waals surface area contributed by atoms with Crippen LogP contribution in [-0.2, 0) is 10.8 Å². The minimum Gasteiger partial charge on any atom is -0.406 e. The summed E-state index contributed by atoms with van der Waals surface area (Å²) in [5, 5.41) is 0. The van der Waals surface area contributed by atoms with Crippen LogP contribution in [0.15, 0.2) is 29.3 Å². The predicted molar refractivity (Wildman–Crippen MR) is 73.5 cm³/mol. The van der Waals surface area contributed by atoms with E-state index in [2.05, 4.69) is 9.73 Å². The van der Waals surface area contributed by atoms with Crippen LogP contribution < -0.4 is 4.74 Å². The Morgan fingerprint density at radius 1 is 1.30 bits per heavy atom. The Morgan fingerprint density at radius 2 is 1.95 bits per heavy atom. The van der Waals surface area contributed by atoms with Crippen LogP contribution in [0, 0.1) is 0 Å². The average molecular weight is 307 g/mol. The highest BCUT2D eigenvalue weighted by Gasteiger charge is 2.31. The maximum atomic E-state index is 12.1. The number of rotatable bonds is 4. The van der Waals surface area contributed by atoms with Gasteiger partial charge in [0.1, 0.15) is 11.6 Å². The van der Waals surface area contributed by atoms with Gasteiger partial charge in [0.2, 0.25) is 0 Å². The van der Waals surface area contributed by atoms with Crippen LogP contribution in [0.4, 0.5) is 13.2 Å². The van der Waals surface area contributed by atoms with Crippen molar-refractivity contribution in [2.45, 2.75) is 31.9 Å². The topological polar surface area (TPSA) is 38.7 Å². The number of ether oxygens (including phenoxy) is 1. The Bertz CT molecular complexity index is 507. The van der Waals surface area contributed by atoms with Gasteiger partial charge in [-0.25, -0.2) is 0 Å². The number of hydrogen-bond donors (Lipinski definition) is 0. The van der Waals surface area contributed by atoms with E-state index in [4.69, 9.17) is 0 Å². The molecule has 0 heterocycles. The van der Waals surface area contributed by atoms with Crippen molar-refractivity contribution in [1.29, 1.82) is 0 Å². The fourth-order valence-electron chi connectivity index (χ4n) is 1.20. The SMILES string of the molecule is CC(C)(C)S(=O)CN=Cc1cccc(OC(F)(F)F)c1. The van der Waals surface area contributed by atoms with Crippen molar-refractivity contribution in [3.05, 3.63) is 29.8 Å². The summed E-state index contributed by atoms with van der Waals surface area (Å²) < 4.78 is 51.4. The Hall–Kier alpha value is -1.37. The molecule has 0 aliphatic rings. The van der Waals surface area contributed by atoms with E-state index in [1.807, 2.05) is 20.8 Å². The van der Waals surface area contributed by atoms with E-state index in [9.17, 15) is 17.4 Å². The van der Waals surface area contributed by atoms with Crippen LogP contribution in [0.25, 0.3) is 0 Å². The molecule has 0 fully saturated rings. The first-order valence-electron chi connectivity index (χ1n) is 5.82. The zero-order valence-electron chi connectivity index (χ0n) is 11.4. The van der Waals surface area contributed by atoms with E-state index >= 15 is 0 Å². The summed E-state index contributed by atoms with van der Waals surface area (Å²) >= 11 is 0. The molecule has 0 saturated heterocycles. The number of alkyl halides is 3.